The predicted octanol–water partition coefficient (Wildman–Crippen LogP) is 3.47. The predicted molar refractivity (Wildman–Crippen MR) is 118 cm³/mol. The van der Waals surface area contributed by atoms with Gasteiger partial charge in [0.1, 0.15) is 24.4 Å². The number of nitrogens with zero attached hydrogens (tertiary/aromatic N) is 1. The van der Waals surface area contributed by atoms with E-state index in [0.29, 0.717) is 17.2 Å². The van der Waals surface area contributed by atoms with Crippen molar-refractivity contribution >= 4 is 29.4 Å². The molecule has 1 saturated heterocycles. The average Bonchev–Trinajstić information content (AvgIpc) is 3.02. The largest absolute Gasteiger partial charge is 0.492 e. The first-order chi connectivity index (χ1) is 15.0. The van der Waals surface area contributed by atoms with Gasteiger partial charge in [-0.2, -0.15) is 0 Å². The zero-order valence-electron chi connectivity index (χ0n) is 17.4. The summed E-state index contributed by atoms with van der Waals surface area (Å²) in [5.74, 6) is -0.191. The van der Waals surface area contributed by atoms with E-state index in [4.69, 9.17) is 16.3 Å². The highest BCUT2D eigenvalue weighted by Gasteiger charge is 2.52. The van der Waals surface area contributed by atoms with Gasteiger partial charge < -0.3 is 15.4 Å². The Morgan fingerprint density at radius 3 is 2.52 bits per heavy atom. The quantitative estimate of drug-likeness (QED) is 0.434. The third-order valence-electron chi connectivity index (χ3n) is 5.16. The summed E-state index contributed by atoms with van der Waals surface area (Å²) in [6, 6.07) is 15.5. The Kier molecular flexibility index (Phi) is 7.52. The van der Waals surface area contributed by atoms with Gasteiger partial charge in [-0.05, 0) is 36.2 Å². The van der Waals surface area contributed by atoms with Crippen LogP contribution in [0.5, 0.6) is 5.75 Å². The van der Waals surface area contributed by atoms with Crippen LogP contribution in [0.25, 0.3) is 0 Å². The molecule has 1 aliphatic heterocycles. The van der Waals surface area contributed by atoms with Gasteiger partial charge in [-0.15, -0.1) is 0 Å². The van der Waals surface area contributed by atoms with Gasteiger partial charge in [0.2, 0.25) is 5.91 Å². The number of imide groups is 1. The van der Waals surface area contributed by atoms with Gasteiger partial charge in [0.05, 0.1) is 6.54 Å². The van der Waals surface area contributed by atoms with E-state index in [-0.39, 0.29) is 19.7 Å². The van der Waals surface area contributed by atoms with Gasteiger partial charge in [-0.1, -0.05) is 61.7 Å². The van der Waals surface area contributed by atoms with Crippen LogP contribution in [0.4, 0.5) is 4.79 Å². The number of nitrogens with one attached hydrogen (secondary N) is 2. The number of rotatable bonds is 10. The number of benzene rings is 2. The summed E-state index contributed by atoms with van der Waals surface area (Å²) in [4.78, 5) is 39.2. The van der Waals surface area contributed by atoms with Crippen LogP contribution in [0.3, 0.4) is 0 Å². The summed E-state index contributed by atoms with van der Waals surface area (Å²) >= 11 is 5.83. The molecule has 1 heterocycles. The molecule has 0 spiro atoms. The van der Waals surface area contributed by atoms with Gasteiger partial charge in [0.15, 0.2) is 0 Å². The van der Waals surface area contributed by atoms with Crippen molar-refractivity contribution in [2.75, 3.05) is 19.7 Å². The summed E-state index contributed by atoms with van der Waals surface area (Å²) in [6.07, 6.45) is 2.12. The smallest absolute Gasteiger partial charge is 0.325 e. The minimum Gasteiger partial charge on any atom is -0.492 e. The number of ether oxygens (including phenoxy) is 1. The third-order valence-corrected chi connectivity index (χ3v) is 5.41. The Morgan fingerprint density at radius 1 is 1.13 bits per heavy atom. The molecule has 0 bridgehead atoms. The fraction of sp³-hybridized carbons (Fsp3) is 0.348. The lowest BCUT2D eigenvalue weighted by Gasteiger charge is -2.27. The number of hydrogen-bond donors (Lipinski definition) is 2. The van der Waals surface area contributed by atoms with Crippen LogP contribution < -0.4 is 15.4 Å². The molecule has 2 N–H and O–H groups in total. The van der Waals surface area contributed by atoms with E-state index in [1.54, 1.807) is 24.3 Å². The number of carbonyl (C=O) groups excluding carboxylic acids is 3. The monoisotopic (exact) mass is 443 g/mol. The number of hydrogen-bond acceptors (Lipinski definition) is 4. The standard InChI is InChI=1S/C23H26ClN3O4/c1-2-3-13-23(17-7-5-4-6-8-17)21(29)27(22(30)26-23)16-20(28)25-14-15-31-19-11-9-18(24)10-12-19/h4-12H,2-3,13-16H2,1H3,(H,25,28)(H,26,30). The molecule has 1 fully saturated rings. The fourth-order valence-electron chi connectivity index (χ4n) is 3.53. The molecule has 0 saturated carbocycles. The Hall–Kier alpha value is -3.06. The van der Waals surface area contributed by atoms with Crippen molar-refractivity contribution in [1.82, 2.24) is 15.5 Å². The van der Waals surface area contributed by atoms with Gasteiger partial charge in [0.25, 0.3) is 5.91 Å². The second kappa shape index (κ2) is 10.3. The molecule has 7 nitrogen and oxygen atoms in total. The van der Waals surface area contributed by atoms with Gasteiger partial charge in [-0.3, -0.25) is 14.5 Å². The van der Waals surface area contributed by atoms with Crippen LogP contribution in [-0.2, 0) is 15.1 Å². The van der Waals surface area contributed by atoms with Crippen LogP contribution in [0.1, 0.15) is 31.7 Å². The molecule has 0 aliphatic carbocycles. The van der Waals surface area contributed by atoms with Crippen LogP contribution in [0.15, 0.2) is 54.6 Å². The molecule has 31 heavy (non-hydrogen) atoms. The Balaban J connectivity index is 1.58. The first-order valence-corrected chi connectivity index (χ1v) is 10.7. The molecule has 1 atom stereocenters. The second-order valence-corrected chi connectivity index (χ2v) is 7.79. The van der Waals surface area contributed by atoms with Gasteiger partial charge in [-0.25, -0.2) is 4.79 Å². The van der Waals surface area contributed by atoms with Crippen LogP contribution in [-0.4, -0.2) is 42.4 Å². The van der Waals surface area contributed by atoms with E-state index in [0.717, 1.165) is 23.3 Å². The maximum atomic E-state index is 13.2. The average molecular weight is 444 g/mol. The molecule has 164 valence electrons. The molecule has 1 unspecified atom stereocenters. The molecule has 8 heteroatoms. The molecule has 1 aliphatic rings. The lowest BCUT2D eigenvalue weighted by Crippen LogP contribution is -2.45. The SMILES string of the molecule is CCCCC1(c2ccccc2)NC(=O)N(CC(=O)NCCOc2ccc(Cl)cc2)C1=O. The summed E-state index contributed by atoms with van der Waals surface area (Å²) in [6.45, 7) is 2.17. The van der Waals surface area contributed by atoms with E-state index in [1.807, 2.05) is 37.3 Å². The van der Waals surface area contributed by atoms with E-state index in [9.17, 15) is 14.4 Å². The first kappa shape index (κ1) is 22.6. The van der Waals surface area contributed by atoms with Crippen molar-refractivity contribution in [2.24, 2.45) is 0 Å². The molecule has 2 aromatic carbocycles. The highest BCUT2D eigenvalue weighted by atomic mass is 35.5. The van der Waals surface area contributed by atoms with Crippen LogP contribution in [0.2, 0.25) is 5.02 Å². The summed E-state index contributed by atoms with van der Waals surface area (Å²) in [5, 5.41) is 6.13. The maximum absolute atomic E-state index is 13.2. The lowest BCUT2D eigenvalue weighted by molar-refractivity contribution is -0.135. The lowest BCUT2D eigenvalue weighted by atomic mass is 9.85. The molecule has 0 aromatic heterocycles. The van der Waals surface area contributed by atoms with Crippen LogP contribution in [0, 0.1) is 0 Å². The molecular formula is C23H26ClN3O4. The first-order valence-electron chi connectivity index (χ1n) is 10.3. The Labute approximate surface area is 186 Å². The summed E-state index contributed by atoms with van der Waals surface area (Å²) in [7, 11) is 0. The number of unbranched alkanes of at least 4 members (excludes halogenated alkanes) is 1. The van der Waals surface area contributed by atoms with Crippen molar-refractivity contribution in [3.63, 3.8) is 0 Å². The van der Waals surface area contributed by atoms with Crippen molar-refractivity contribution < 1.29 is 19.1 Å². The second-order valence-electron chi connectivity index (χ2n) is 7.35. The van der Waals surface area contributed by atoms with Crippen molar-refractivity contribution in [2.45, 2.75) is 31.7 Å². The van der Waals surface area contributed by atoms with Crippen LogP contribution >= 0.6 is 11.6 Å². The zero-order chi connectivity index (χ0) is 22.3. The van der Waals surface area contributed by atoms with E-state index in [2.05, 4.69) is 10.6 Å². The van der Waals surface area contributed by atoms with E-state index < -0.39 is 23.4 Å². The van der Waals surface area contributed by atoms with E-state index >= 15 is 0 Å². The minimum absolute atomic E-state index is 0.241. The molecule has 2 aromatic rings. The highest BCUT2D eigenvalue weighted by Crippen LogP contribution is 2.34. The number of urea groups is 1. The highest BCUT2D eigenvalue weighted by molar-refractivity contribution is 6.30. The summed E-state index contributed by atoms with van der Waals surface area (Å²) < 4.78 is 5.53. The van der Waals surface area contributed by atoms with Gasteiger partial charge in [0, 0.05) is 5.02 Å². The van der Waals surface area contributed by atoms with Crippen molar-refractivity contribution in [1.29, 1.82) is 0 Å². The van der Waals surface area contributed by atoms with Crippen molar-refractivity contribution in [3.05, 3.63) is 65.2 Å². The van der Waals surface area contributed by atoms with Gasteiger partial charge >= 0.3 is 6.03 Å². The normalized spacial score (nSPS) is 18.1. The molecule has 3 rings (SSSR count). The Bertz CT molecular complexity index is 920. The Morgan fingerprint density at radius 2 is 1.84 bits per heavy atom. The van der Waals surface area contributed by atoms with Crippen molar-refractivity contribution in [3.8, 4) is 5.75 Å². The topological polar surface area (TPSA) is 87.7 Å². The third kappa shape index (κ3) is 5.35. The van der Waals surface area contributed by atoms with E-state index in [1.165, 1.54) is 0 Å². The molecule has 4 amide bonds. The number of halogens is 1. The molecule has 0 radical (unpaired) electrons. The number of amides is 4. The number of carbonyl (C=O) groups is 3. The summed E-state index contributed by atoms with van der Waals surface area (Å²) in [5.41, 5.74) is -0.409. The molecular weight excluding hydrogens is 418 g/mol. The minimum atomic E-state index is -1.13. The zero-order valence-corrected chi connectivity index (χ0v) is 18.2. The maximum Gasteiger partial charge on any atom is 0.325 e. The fourth-order valence-corrected chi connectivity index (χ4v) is 3.66.